The minimum Gasteiger partial charge on any atom is -0.0622 e. The topological polar surface area (TPSA) is 0 Å². The highest BCUT2D eigenvalue weighted by atomic mass is 14.2. The fourth-order valence-corrected chi connectivity index (χ4v) is 10.2. The molecule has 0 aliphatic rings. The SMILES string of the molecule is c1ccc(-c2ccccc2-c2c3ccccc3c(-c3cccc(-c4cccc(-c5cccc(-c6c7ccccc7c(-c7ccccc7)c7ccccc67)c5)c4)c3)c3ccccc23)cc1. The minimum atomic E-state index is 1.19. The lowest BCUT2D eigenvalue weighted by Crippen LogP contribution is -1.93. The van der Waals surface area contributed by atoms with E-state index in [4.69, 9.17) is 0 Å². The van der Waals surface area contributed by atoms with Gasteiger partial charge in [0.1, 0.15) is 0 Å². The molecule has 0 unspecified atom stereocenters. The summed E-state index contributed by atoms with van der Waals surface area (Å²) < 4.78 is 0. The van der Waals surface area contributed by atoms with Gasteiger partial charge in [0.05, 0.1) is 0 Å². The average molecular weight is 811 g/mol. The van der Waals surface area contributed by atoms with E-state index < -0.39 is 0 Å². The highest BCUT2D eigenvalue weighted by molar-refractivity contribution is 6.23. The molecule has 12 rings (SSSR count). The molecule has 0 saturated carbocycles. The van der Waals surface area contributed by atoms with Crippen molar-refractivity contribution in [1.82, 2.24) is 0 Å². The fraction of sp³-hybridized carbons (Fsp3) is 0. The first kappa shape index (κ1) is 37.4. The first-order valence-corrected chi connectivity index (χ1v) is 22.2. The van der Waals surface area contributed by atoms with Gasteiger partial charge in [0.15, 0.2) is 0 Å². The quantitative estimate of drug-likeness (QED) is 0.141. The molecule has 0 aliphatic carbocycles. The van der Waals surface area contributed by atoms with Crippen molar-refractivity contribution in [3.05, 3.63) is 255 Å². The van der Waals surface area contributed by atoms with Crippen molar-refractivity contribution in [2.45, 2.75) is 0 Å². The normalized spacial score (nSPS) is 11.4. The summed E-state index contributed by atoms with van der Waals surface area (Å²) in [5.74, 6) is 0. The Morgan fingerprint density at radius 3 is 0.781 bits per heavy atom. The molecular weight excluding hydrogens is 769 g/mol. The first-order chi connectivity index (χ1) is 31.8. The van der Waals surface area contributed by atoms with Crippen LogP contribution < -0.4 is 0 Å². The summed E-state index contributed by atoms with van der Waals surface area (Å²) in [4.78, 5) is 0. The predicted octanol–water partition coefficient (Wildman–Crippen LogP) is 18.0. The molecule has 0 N–H and O–H groups in total. The van der Waals surface area contributed by atoms with Crippen LogP contribution in [0, 0.1) is 0 Å². The van der Waals surface area contributed by atoms with Gasteiger partial charge in [-0.15, -0.1) is 0 Å². The van der Waals surface area contributed by atoms with Crippen LogP contribution in [0.1, 0.15) is 0 Å². The zero-order chi connectivity index (χ0) is 42.4. The highest BCUT2D eigenvalue weighted by Gasteiger charge is 2.20. The predicted molar refractivity (Wildman–Crippen MR) is 275 cm³/mol. The monoisotopic (exact) mass is 810 g/mol. The molecule has 0 heteroatoms. The van der Waals surface area contributed by atoms with E-state index in [1.807, 2.05) is 0 Å². The maximum Gasteiger partial charge on any atom is -0.00201 e. The lowest BCUT2D eigenvalue weighted by atomic mass is 9.83. The van der Waals surface area contributed by atoms with Crippen LogP contribution in [-0.4, -0.2) is 0 Å². The van der Waals surface area contributed by atoms with Crippen LogP contribution in [0.15, 0.2) is 255 Å². The second-order valence-corrected chi connectivity index (χ2v) is 16.7. The van der Waals surface area contributed by atoms with Gasteiger partial charge < -0.3 is 0 Å². The van der Waals surface area contributed by atoms with Crippen molar-refractivity contribution in [3.63, 3.8) is 0 Å². The Kier molecular flexibility index (Phi) is 9.28. The van der Waals surface area contributed by atoms with E-state index in [1.54, 1.807) is 0 Å². The number of fused-ring (bicyclic) bond motifs is 4. The summed E-state index contributed by atoms with van der Waals surface area (Å²) in [7, 11) is 0. The summed E-state index contributed by atoms with van der Waals surface area (Å²) in [6.07, 6.45) is 0. The second-order valence-electron chi connectivity index (χ2n) is 16.7. The zero-order valence-corrected chi connectivity index (χ0v) is 35.2. The third-order valence-corrected chi connectivity index (χ3v) is 13.0. The first-order valence-electron chi connectivity index (χ1n) is 22.2. The minimum absolute atomic E-state index is 1.19. The van der Waals surface area contributed by atoms with Gasteiger partial charge in [-0.25, -0.2) is 0 Å². The highest BCUT2D eigenvalue weighted by Crippen LogP contribution is 2.47. The van der Waals surface area contributed by atoms with E-state index >= 15 is 0 Å². The molecule has 64 heavy (non-hydrogen) atoms. The van der Waals surface area contributed by atoms with Crippen LogP contribution in [0.2, 0.25) is 0 Å². The Hall–Kier alpha value is -8.32. The van der Waals surface area contributed by atoms with Gasteiger partial charge >= 0.3 is 0 Å². The third-order valence-electron chi connectivity index (χ3n) is 13.0. The van der Waals surface area contributed by atoms with E-state index in [9.17, 15) is 0 Å². The van der Waals surface area contributed by atoms with Crippen LogP contribution in [0.3, 0.4) is 0 Å². The van der Waals surface area contributed by atoms with Gasteiger partial charge in [0, 0.05) is 0 Å². The molecule has 0 heterocycles. The van der Waals surface area contributed by atoms with Crippen molar-refractivity contribution >= 4 is 43.1 Å². The summed E-state index contributed by atoms with van der Waals surface area (Å²) in [5, 5.41) is 10.1. The van der Waals surface area contributed by atoms with Gasteiger partial charge in [-0.1, -0.05) is 237 Å². The van der Waals surface area contributed by atoms with E-state index in [0.717, 1.165) is 0 Å². The molecule has 0 aromatic heterocycles. The lowest BCUT2D eigenvalue weighted by molar-refractivity contribution is 1.58. The molecule has 0 fully saturated rings. The summed E-state index contributed by atoms with van der Waals surface area (Å²) in [6, 6.07) is 93.4. The van der Waals surface area contributed by atoms with Crippen molar-refractivity contribution in [2.24, 2.45) is 0 Å². The Balaban J connectivity index is 0.976. The largest absolute Gasteiger partial charge is 0.0622 e. The summed E-state index contributed by atoms with van der Waals surface area (Å²) in [5.41, 5.74) is 17.2. The van der Waals surface area contributed by atoms with Crippen molar-refractivity contribution in [2.75, 3.05) is 0 Å². The summed E-state index contributed by atoms with van der Waals surface area (Å²) in [6.45, 7) is 0. The third kappa shape index (κ3) is 6.39. The second kappa shape index (κ2) is 15.9. The van der Waals surface area contributed by atoms with E-state index in [2.05, 4.69) is 255 Å². The molecule has 0 atom stereocenters. The maximum atomic E-state index is 2.38. The smallest absolute Gasteiger partial charge is 0.00201 e. The van der Waals surface area contributed by atoms with Gasteiger partial charge in [-0.05, 0) is 139 Å². The standard InChI is InChI=1S/C64H42/c1-3-20-43(21-4-1)51-30-7-8-31-52(51)64-59-38-15-13-36-57(59)63(58-37-14-16-39-60(58)64)50-29-19-27-48(42-50)46-25-17-24-45(40-46)47-26-18-28-49(41-47)62-55-34-11-9-32-53(55)61(44-22-5-2-6-23-44)54-33-10-12-35-56(54)62/h1-42H. The molecule has 0 saturated heterocycles. The summed E-state index contributed by atoms with van der Waals surface area (Å²) >= 11 is 0. The van der Waals surface area contributed by atoms with E-state index in [0.29, 0.717) is 0 Å². The van der Waals surface area contributed by atoms with Crippen molar-refractivity contribution in [3.8, 4) is 77.9 Å². The van der Waals surface area contributed by atoms with E-state index in [-0.39, 0.29) is 0 Å². The Morgan fingerprint density at radius 2 is 0.391 bits per heavy atom. The molecule has 0 spiro atoms. The number of benzene rings is 12. The molecule has 0 aliphatic heterocycles. The average Bonchev–Trinajstić information content (AvgIpc) is 3.37. The van der Waals surface area contributed by atoms with Gasteiger partial charge in [0.25, 0.3) is 0 Å². The van der Waals surface area contributed by atoms with Crippen LogP contribution in [-0.2, 0) is 0 Å². The number of hydrogen-bond donors (Lipinski definition) is 0. The fourth-order valence-electron chi connectivity index (χ4n) is 10.2. The van der Waals surface area contributed by atoms with Crippen LogP contribution in [0.5, 0.6) is 0 Å². The molecule has 0 radical (unpaired) electrons. The van der Waals surface area contributed by atoms with Crippen molar-refractivity contribution in [1.29, 1.82) is 0 Å². The molecule has 0 bridgehead atoms. The molecule has 0 nitrogen and oxygen atoms in total. The van der Waals surface area contributed by atoms with Crippen molar-refractivity contribution < 1.29 is 0 Å². The van der Waals surface area contributed by atoms with Gasteiger partial charge in [0.2, 0.25) is 0 Å². The zero-order valence-electron chi connectivity index (χ0n) is 35.2. The number of rotatable bonds is 7. The van der Waals surface area contributed by atoms with Crippen LogP contribution in [0.25, 0.3) is 121 Å². The van der Waals surface area contributed by atoms with E-state index in [1.165, 1.54) is 121 Å². The molecule has 298 valence electrons. The lowest BCUT2D eigenvalue weighted by Gasteiger charge is -2.20. The maximum absolute atomic E-state index is 2.38. The van der Waals surface area contributed by atoms with Gasteiger partial charge in [-0.2, -0.15) is 0 Å². The Morgan fingerprint density at radius 1 is 0.141 bits per heavy atom. The molecular formula is C64H42. The Labute approximate surface area is 374 Å². The molecule has 0 amide bonds. The Bertz CT molecular complexity index is 3590. The molecule has 12 aromatic carbocycles. The van der Waals surface area contributed by atoms with Gasteiger partial charge in [-0.3, -0.25) is 0 Å². The molecule has 12 aromatic rings. The number of hydrogen-bond acceptors (Lipinski definition) is 0. The van der Waals surface area contributed by atoms with Crippen LogP contribution >= 0.6 is 0 Å². The van der Waals surface area contributed by atoms with Crippen LogP contribution in [0.4, 0.5) is 0 Å².